The highest BCUT2D eigenvalue weighted by molar-refractivity contribution is 8.00. The predicted molar refractivity (Wildman–Crippen MR) is 64.4 cm³/mol. The van der Waals surface area contributed by atoms with Gasteiger partial charge in [-0.2, -0.15) is 0 Å². The number of ether oxygens (including phenoxy) is 1. The maximum absolute atomic E-state index is 10.7. The van der Waals surface area contributed by atoms with Crippen LogP contribution in [0.4, 0.5) is 0 Å². The highest BCUT2D eigenvalue weighted by atomic mass is 32.2. The van der Waals surface area contributed by atoms with Crippen LogP contribution in [0, 0.1) is 0 Å². The Morgan fingerprint density at radius 3 is 2.40 bits per heavy atom. The van der Waals surface area contributed by atoms with E-state index in [4.69, 9.17) is 4.74 Å². The third kappa shape index (κ3) is 3.96. The molecule has 2 nitrogen and oxygen atoms in total. The van der Waals surface area contributed by atoms with Crippen LogP contribution < -0.4 is 4.74 Å². The van der Waals surface area contributed by atoms with Crippen molar-refractivity contribution in [2.24, 2.45) is 0 Å². The van der Waals surface area contributed by atoms with Crippen LogP contribution in [-0.2, 0) is 10.5 Å². The molecule has 0 saturated carbocycles. The van der Waals surface area contributed by atoms with Crippen molar-refractivity contribution >= 4 is 18.0 Å². The van der Waals surface area contributed by atoms with Crippen molar-refractivity contribution in [3.8, 4) is 5.75 Å². The van der Waals surface area contributed by atoms with Crippen LogP contribution in [0.15, 0.2) is 24.3 Å². The lowest BCUT2D eigenvalue weighted by atomic mass is 10.2. The van der Waals surface area contributed by atoms with Gasteiger partial charge in [0.05, 0.1) is 11.9 Å². The van der Waals surface area contributed by atoms with E-state index in [2.05, 4.69) is 0 Å². The van der Waals surface area contributed by atoms with E-state index < -0.39 is 0 Å². The number of hydrogen-bond donors (Lipinski definition) is 0. The molecule has 0 aromatic heterocycles. The largest absolute Gasteiger partial charge is 0.497 e. The molecule has 0 saturated heterocycles. The SMILES string of the molecule is COc1ccc(CSC(C)(C)C=O)cc1. The van der Waals surface area contributed by atoms with Gasteiger partial charge < -0.3 is 9.53 Å². The van der Waals surface area contributed by atoms with E-state index in [-0.39, 0.29) is 4.75 Å². The Morgan fingerprint density at radius 2 is 1.93 bits per heavy atom. The quantitative estimate of drug-likeness (QED) is 0.719. The van der Waals surface area contributed by atoms with E-state index in [1.54, 1.807) is 18.9 Å². The summed E-state index contributed by atoms with van der Waals surface area (Å²) in [6.07, 6.45) is 0.987. The zero-order valence-electron chi connectivity index (χ0n) is 9.32. The first-order valence-corrected chi connectivity index (χ1v) is 5.79. The lowest BCUT2D eigenvalue weighted by Gasteiger charge is -2.15. The smallest absolute Gasteiger partial charge is 0.135 e. The van der Waals surface area contributed by atoms with E-state index in [9.17, 15) is 4.79 Å². The molecule has 1 aromatic rings. The molecule has 0 spiro atoms. The van der Waals surface area contributed by atoms with E-state index in [1.165, 1.54) is 5.56 Å². The predicted octanol–water partition coefficient (Wildman–Crippen LogP) is 2.91. The van der Waals surface area contributed by atoms with Crippen LogP contribution in [0.5, 0.6) is 5.75 Å². The molecule has 82 valence electrons. The van der Waals surface area contributed by atoms with Gasteiger partial charge in [-0.3, -0.25) is 0 Å². The van der Waals surface area contributed by atoms with Crippen molar-refractivity contribution in [3.63, 3.8) is 0 Å². The molecule has 15 heavy (non-hydrogen) atoms. The van der Waals surface area contributed by atoms with Crippen LogP contribution in [-0.4, -0.2) is 18.1 Å². The molecule has 0 heterocycles. The van der Waals surface area contributed by atoms with Gasteiger partial charge in [-0.05, 0) is 31.5 Å². The summed E-state index contributed by atoms with van der Waals surface area (Å²) >= 11 is 1.64. The Morgan fingerprint density at radius 1 is 1.33 bits per heavy atom. The molecule has 0 amide bonds. The second kappa shape index (κ2) is 5.21. The number of carbonyl (C=O) groups excluding carboxylic acids is 1. The Hall–Kier alpha value is -0.960. The fraction of sp³-hybridized carbons (Fsp3) is 0.417. The van der Waals surface area contributed by atoms with Gasteiger partial charge in [0.1, 0.15) is 12.0 Å². The zero-order valence-corrected chi connectivity index (χ0v) is 10.1. The van der Waals surface area contributed by atoms with Gasteiger partial charge in [0.25, 0.3) is 0 Å². The molecule has 0 aliphatic heterocycles. The zero-order chi connectivity index (χ0) is 11.3. The summed E-state index contributed by atoms with van der Waals surface area (Å²) in [6, 6.07) is 7.91. The minimum absolute atomic E-state index is 0.306. The number of hydrogen-bond acceptors (Lipinski definition) is 3. The van der Waals surface area contributed by atoms with Crippen molar-refractivity contribution in [1.82, 2.24) is 0 Å². The second-order valence-corrected chi connectivity index (χ2v) is 5.49. The van der Waals surface area contributed by atoms with Crippen molar-refractivity contribution in [2.45, 2.75) is 24.3 Å². The molecule has 0 atom stereocenters. The van der Waals surface area contributed by atoms with Crippen LogP contribution in [0.3, 0.4) is 0 Å². The van der Waals surface area contributed by atoms with E-state index in [0.29, 0.717) is 0 Å². The Bertz CT molecular complexity index is 317. The van der Waals surface area contributed by atoms with Crippen LogP contribution in [0.1, 0.15) is 19.4 Å². The Kier molecular flexibility index (Phi) is 4.21. The Labute approximate surface area is 95.0 Å². The Balaban J connectivity index is 2.54. The third-order valence-electron chi connectivity index (χ3n) is 2.05. The van der Waals surface area contributed by atoms with E-state index in [0.717, 1.165) is 17.8 Å². The fourth-order valence-corrected chi connectivity index (χ4v) is 1.82. The average molecular weight is 224 g/mol. The number of aldehydes is 1. The van der Waals surface area contributed by atoms with Gasteiger partial charge in [0.2, 0.25) is 0 Å². The van der Waals surface area contributed by atoms with Crippen LogP contribution >= 0.6 is 11.8 Å². The lowest BCUT2D eigenvalue weighted by molar-refractivity contribution is -0.109. The van der Waals surface area contributed by atoms with Gasteiger partial charge >= 0.3 is 0 Å². The van der Waals surface area contributed by atoms with Gasteiger partial charge in [0.15, 0.2) is 0 Å². The summed E-state index contributed by atoms with van der Waals surface area (Å²) < 4.78 is 4.77. The fourth-order valence-electron chi connectivity index (χ4n) is 1.03. The van der Waals surface area contributed by atoms with E-state index >= 15 is 0 Å². The van der Waals surface area contributed by atoms with Crippen molar-refractivity contribution in [1.29, 1.82) is 0 Å². The molecule has 0 radical (unpaired) electrons. The maximum Gasteiger partial charge on any atom is 0.135 e. The molecule has 1 aromatic carbocycles. The summed E-state index contributed by atoms with van der Waals surface area (Å²) in [5, 5.41) is 0. The summed E-state index contributed by atoms with van der Waals surface area (Å²) in [7, 11) is 1.65. The minimum atomic E-state index is -0.306. The summed E-state index contributed by atoms with van der Waals surface area (Å²) in [4.78, 5) is 10.7. The monoisotopic (exact) mass is 224 g/mol. The molecule has 0 fully saturated rings. The van der Waals surface area contributed by atoms with Gasteiger partial charge in [-0.25, -0.2) is 0 Å². The molecule has 0 aliphatic rings. The average Bonchev–Trinajstić information content (AvgIpc) is 2.27. The molecule has 0 aliphatic carbocycles. The van der Waals surface area contributed by atoms with E-state index in [1.807, 2.05) is 38.1 Å². The summed E-state index contributed by atoms with van der Waals surface area (Å²) in [5.41, 5.74) is 1.20. The molecule has 3 heteroatoms. The molecule has 0 unspecified atom stereocenters. The van der Waals surface area contributed by atoms with Gasteiger partial charge in [-0.1, -0.05) is 12.1 Å². The number of rotatable bonds is 5. The molecule has 0 N–H and O–H groups in total. The first-order valence-electron chi connectivity index (χ1n) is 4.80. The normalized spacial score (nSPS) is 11.1. The molecular formula is C12H16O2S. The minimum Gasteiger partial charge on any atom is -0.497 e. The molecular weight excluding hydrogens is 208 g/mol. The van der Waals surface area contributed by atoms with Crippen LogP contribution in [0.25, 0.3) is 0 Å². The first kappa shape index (κ1) is 12.1. The number of methoxy groups -OCH3 is 1. The number of thioether (sulfide) groups is 1. The number of benzene rings is 1. The van der Waals surface area contributed by atoms with Crippen LogP contribution in [0.2, 0.25) is 0 Å². The molecule has 1 rings (SSSR count). The molecule has 0 bridgehead atoms. The third-order valence-corrected chi connectivity index (χ3v) is 3.37. The van der Waals surface area contributed by atoms with Gasteiger partial charge in [-0.15, -0.1) is 11.8 Å². The maximum atomic E-state index is 10.7. The first-order chi connectivity index (χ1) is 7.07. The van der Waals surface area contributed by atoms with Crippen molar-refractivity contribution in [3.05, 3.63) is 29.8 Å². The second-order valence-electron chi connectivity index (χ2n) is 3.86. The lowest BCUT2D eigenvalue weighted by Crippen LogP contribution is -2.16. The summed E-state index contributed by atoms with van der Waals surface area (Å²) in [5.74, 6) is 1.70. The standard InChI is InChI=1S/C12H16O2S/c1-12(2,9-13)15-8-10-4-6-11(14-3)7-5-10/h4-7,9H,8H2,1-3H3. The highest BCUT2D eigenvalue weighted by Crippen LogP contribution is 2.26. The van der Waals surface area contributed by atoms with Crippen molar-refractivity contribution < 1.29 is 9.53 Å². The summed E-state index contributed by atoms with van der Waals surface area (Å²) in [6.45, 7) is 3.85. The highest BCUT2D eigenvalue weighted by Gasteiger charge is 2.16. The van der Waals surface area contributed by atoms with Crippen molar-refractivity contribution in [2.75, 3.05) is 7.11 Å². The van der Waals surface area contributed by atoms with Gasteiger partial charge in [0, 0.05) is 5.75 Å². The number of carbonyl (C=O) groups is 1. The topological polar surface area (TPSA) is 26.3 Å².